The summed E-state index contributed by atoms with van der Waals surface area (Å²) in [5, 5.41) is 8.27. The summed E-state index contributed by atoms with van der Waals surface area (Å²) in [6.07, 6.45) is 4.65. The molecule has 0 spiro atoms. The Morgan fingerprint density at radius 3 is 2.91 bits per heavy atom. The van der Waals surface area contributed by atoms with Crippen molar-refractivity contribution < 1.29 is 9.47 Å². The van der Waals surface area contributed by atoms with E-state index < -0.39 is 0 Å². The van der Waals surface area contributed by atoms with Crippen molar-refractivity contribution in [2.45, 2.75) is 25.1 Å². The molecular weight excluding hydrogens is 282 g/mol. The highest BCUT2D eigenvalue weighted by molar-refractivity contribution is 5.21. The summed E-state index contributed by atoms with van der Waals surface area (Å²) in [5.41, 5.74) is 1.16. The van der Waals surface area contributed by atoms with Crippen molar-refractivity contribution in [3.8, 4) is 5.88 Å². The number of likely N-dealkylation sites (tertiary alicyclic amines) is 1. The molecule has 0 radical (unpaired) electrons. The molecule has 1 aliphatic rings. The number of nitrogens with zero attached hydrogens (tertiary/aromatic N) is 5. The zero-order chi connectivity index (χ0) is 15.5. The van der Waals surface area contributed by atoms with Gasteiger partial charge in [0.2, 0.25) is 5.88 Å². The molecule has 7 heteroatoms. The molecule has 2 aromatic heterocycles. The monoisotopic (exact) mass is 303 g/mol. The summed E-state index contributed by atoms with van der Waals surface area (Å²) in [6, 6.07) is 4.18. The van der Waals surface area contributed by atoms with Crippen molar-refractivity contribution in [1.82, 2.24) is 24.6 Å². The second-order valence-electron chi connectivity index (χ2n) is 5.55. The summed E-state index contributed by atoms with van der Waals surface area (Å²) in [7, 11) is 5.37. The van der Waals surface area contributed by atoms with E-state index in [4.69, 9.17) is 9.47 Å². The summed E-state index contributed by atoms with van der Waals surface area (Å²) < 4.78 is 12.7. The van der Waals surface area contributed by atoms with E-state index in [1.807, 2.05) is 23.7 Å². The van der Waals surface area contributed by atoms with Crippen molar-refractivity contribution >= 4 is 0 Å². The third-order valence-electron chi connectivity index (χ3n) is 4.14. The van der Waals surface area contributed by atoms with Crippen LogP contribution in [0.2, 0.25) is 0 Å². The number of pyridine rings is 1. The summed E-state index contributed by atoms with van der Waals surface area (Å²) in [5.74, 6) is 1.61. The minimum atomic E-state index is 0.205. The van der Waals surface area contributed by atoms with Gasteiger partial charge in [-0.25, -0.2) is 4.98 Å². The number of ether oxygens (including phenoxy) is 2. The Morgan fingerprint density at radius 2 is 2.23 bits per heavy atom. The molecule has 2 atom stereocenters. The Labute approximate surface area is 129 Å². The lowest BCUT2D eigenvalue weighted by atomic mass is 10.1. The number of aromatic nitrogens is 4. The van der Waals surface area contributed by atoms with Gasteiger partial charge in [0.15, 0.2) is 0 Å². The average Bonchev–Trinajstić information content (AvgIpc) is 3.13. The first-order valence-corrected chi connectivity index (χ1v) is 7.31. The van der Waals surface area contributed by atoms with Gasteiger partial charge in [-0.1, -0.05) is 0 Å². The zero-order valence-electron chi connectivity index (χ0n) is 13.1. The van der Waals surface area contributed by atoms with Crippen molar-refractivity contribution in [1.29, 1.82) is 0 Å². The van der Waals surface area contributed by atoms with Crippen LogP contribution in [0.4, 0.5) is 0 Å². The topological polar surface area (TPSA) is 65.3 Å². The lowest BCUT2D eigenvalue weighted by Crippen LogP contribution is -2.26. The second-order valence-corrected chi connectivity index (χ2v) is 5.55. The number of methoxy groups -OCH3 is 2. The third kappa shape index (κ3) is 2.95. The molecule has 0 unspecified atom stereocenters. The van der Waals surface area contributed by atoms with Crippen LogP contribution in [0, 0.1) is 0 Å². The van der Waals surface area contributed by atoms with E-state index in [0.717, 1.165) is 30.9 Å². The number of hydrogen-bond donors (Lipinski definition) is 0. The highest BCUT2D eigenvalue weighted by Crippen LogP contribution is 2.33. The van der Waals surface area contributed by atoms with Crippen LogP contribution in [0.5, 0.6) is 5.88 Å². The Balaban J connectivity index is 1.81. The molecule has 0 bridgehead atoms. The normalized spacial score (nSPS) is 22.1. The summed E-state index contributed by atoms with van der Waals surface area (Å²) >= 11 is 0. The van der Waals surface area contributed by atoms with Crippen molar-refractivity contribution in [2.75, 3.05) is 20.8 Å². The zero-order valence-corrected chi connectivity index (χ0v) is 13.1. The first-order chi connectivity index (χ1) is 10.7. The van der Waals surface area contributed by atoms with E-state index in [9.17, 15) is 0 Å². The minimum absolute atomic E-state index is 0.205. The van der Waals surface area contributed by atoms with Gasteiger partial charge in [-0.2, -0.15) is 0 Å². The largest absolute Gasteiger partial charge is 0.481 e. The predicted molar refractivity (Wildman–Crippen MR) is 80.4 cm³/mol. The molecule has 0 N–H and O–H groups in total. The highest BCUT2D eigenvalue weighted by Gasteiger charge is 2.35. The van der Waals surface area contributed by atoms with E-state index in [2.05, 4.69) is 20.1 Å². The fourth-order valence-corrected chi connectivity index (χ4v) is 2.96. The molecule has 7 nitrogen and oxygen atoms in total. The standard InChI is InChI=1S/C15H21N5O2/c1-19-10-17-18-15(19)13-7-12(21-2)9-20(13)8-11-4-5-16-14(6-11)22-3/h4-6,10,12-13H,7-9H2,1-3H3/t12-,13+/m1/s1. The van der Waals surface area contributed by atoms with Gasteiger partial charge in [0.25, 0.3) is 0 Å². The van der Waals surface area contributed by atoms with Crippen LogP contribution in [0.25, 0.3) is 0 Å². The lowest BCUT2D eigenvalue weighted by molar-refractivity contribution is 0.107. The van der Waals surface area contributed by atoms with Gasteiger partial charge in [-0.15, -0.1) is 10.2 Å². The molecule has 0 aliphatic carbocycles. The van der Waals surface area contributed by atoms with E-state index in [0.29, 0.717) is 5.88 Å². The van der Waals surface area contributed by atoms with Gasteiger partial charge >= 0.3 is 0 Å². The summed E-state index contributed by atoms with van der Waals surface area (Å²) in [4.78, 5) is 6.52. The van der Waals surface area contributed by atoms with Crippen molar-refractivity contribution in [3.63, 3.8) is 0 Å². The van der Waals surface area contributed by atoms with Crippen LogP contribution in [-0.2, 0) is 18.3 Å². The van der Waals surface area contributed by atoms with Gasteiger partial charge in [-0.05, 0) is 18.1 Å². The fourth-order valence-electron chi connectivity index (χ4n) is 2.96. The van der Waals surface area contributed by atoms with Crippen LogP contribution >= 0.6 is 0 Å². The number of aryl methyl sites for hydroxylation is 1. The fraction of sp³-hybridized carbons (Fsp3) is 0.533. The smallest absolute Gasteiger partial charge is 0.213 e. The predicted octanol–water partition coefficient (Wildman–Crippen LogP) is 1.18. The molecule has 0 saturated carbocycles. The van der Waals surface area contributed by atoms with Crippen LogP contribution in [-0.4, -0.2) is 51.5 Å². The highest BCUT2D eigenvalue weighted by atomic mass is 16.5. The average molecular weight is 303 g/mol. The lowest BCUT2D eigenvalue weighted by Gasteiger charge is -2.23. The van der Waals surface area contributed by atoms with Gasteiger partial charge in [0, 0.05) is 39.5 Å². The van der Waals surface area contributed by atoms with Gasteiger partial charge < -0.3 is 14.0 Å². The SMILES string of the molecule is COc1cc(CN2C[C@H](OC)C[C@H]2c2nncn2C)ccn1. The van der Waals surface area contributed by atoms with E-state index in [1.54, 1.807) is 26.7 Å². The van der Waals surface area contributed by atoms with Gasteiger partial charge in [0.05, 0.1) is 19.3 Å². The van der Waals surface area contributed by atoms with Crippen LogP contribution < -0.4 is 4.74 Å². The van der Waals surface area contributed by atoms with E-state index >= 15 is 0 Å². The Kier molecular flexibility index (Phi) is 4.35. The Morgan fingerprint density at radius 1 is 1.36 bits per heavy atom. The number of rotatable bonds is 5. The molecular formula is C15H21N5O2. The molecule has 3 rings (SSSR count). The van der Waals surface area contributed by atoms with Crippen molar-refractivity contribution in [3.05, 3.63) is 36.0 Å². The summed E-state index contributed by atoms with van der Waals surface area (Å²) in [6.45, 7) is 1.68. The molecule has 1 saturated heterocycles. The number of hydrogen-bond acceptors (Lipinski definition) is 6. The van der Waals surface area contributed by atoms with Gasteiger partial charge in [-0.3, -0.25) is 4.90 Å². The van der Waals surface area contributed by atoms with E-state index in [-0.39, 0.29) is 12.1 Å². The van der Waals surface area contributed by atoms with Crippen LogP contribution in [0.3, 0.4) is 0 Å². The molecule has 1 fully saturated rings. The maximum absolute atomic E-state index is 5.56. The maximum Gasteiger partial charge on any atom is 0.213 e. The first-order valence-electron chi connectivity index (χ1n) is 7.31. The second kappa shape index (κ2) is 6.41. The van der Waals surface area contributed by atoms with Crippen LogP contribution in [0.15, 0.2) is 24.7 Å². The third-order valence-corrected chi connectivity index (χ3v) is 4.14. The molecule has 1 aliphatic heterocycles. The van der Waals surface area contributed by atoms with E-state index in [1.165, 1.54) is 0 Å². The maximum atomic E-state index is 5.56. The molecule has 0 aromatic carbocycles. The Hall–Kier alpha value is -1.99. The first kappa shape index (κ1) is 14.9. The Bertz CT molecular complexity index is 630. The molecule has 3 heterocycles. The van der Waals surface area contributed by atoms with Crippen molar-refractivity contribution in [2.24, 2.45) is 7.05 Å². The quantitative estimate of drug-likeness (QED) is 0.826. The van der Waals surface area contributed by atoms with Gasteiger partial charge in [0.1, 0.15) is 12.2 Å². The molecule has 22 heavy (non-hydrogen) atoms. The van der Waals surface area contributed by atoms with Crippen LogP contribution in [0.1, 0.15) is 23.9 Å². The molecule has 118 valence electrons. The molecule has 0 amide bonds. The molecule has 2 aromatic rings. The minimum Gasteiger partial charge on any atom is -0.481 e.